The molecule has 0 bridgehead atoms. The molecule has 0 saturated carbocycles. The highest BCUT2D eigenvalue weighted by atomic mass is 16.5. The Morgan fingerprint density at radius 1 is 0.364 bits per heavy atom. The zero-order valence-corrected chi connectivity index (χ0v) is 30.6. The van der Waals surface area contributed by atoms with Gasteiger partial charge in [0, 0.05) is 6.42 Å². The number of esters is 1. The molecule has 2 heteroatoms. The van der Waals surface area contributed by atoms with E-state index in [2.05, 4.69) is 26.0 Å². The highest BCUT2D eigenvalue weighted by molar-refractivity contribution is 5.69. The maximum absolute atomic E-state index is 12.0. The van der Waals surface area contributed by atoms with Crippen LogP contribution in [0, 0.1) is 0 Å². The van der Waals surface area contributed by atoms with Gasteiger partial charge < -0.3 is 4.74 Å². The summed E-state index contributed by atoms with van der Waals surface area (Å²) in [6.45, 7) is 5.21. The van der Waals surface area contributed by atoms with Crippen molar-refractivity contribution in [1.29, 1.82) is 0 Å². The quantitative estimate of drug-likeness (QED) is 0.0391. The first-order valence-corrected chi connectivity index (χ1v) is 20.6. The van der Waals surface area contributed by atoms with Crippen molar-refractivity contribution in [3.8, 4) is 0 Å². The predicted molar refractivity (Wildman–Crippen MR) is 198 cm³/mol. The minimum Gasteiger partial charge on any atom is -0.466 e. The van der Waals surface area contributed by atoms with Crippen LogP contribution in [0.1, 0.15) is 245 Å². The van der Waals surface area contributed by atoms with E-state index in [4.69, 9.17) is 4.74 Å². The van der Waals surface area contributed by atoms with Crippen molar-refractivity contribution in [2.75, 3.05) is 6.61 Å². The van der Waals surface area contributed by atoms with Crippen LogP contribution in [0.25, 0.3) is 0 Å². The fraction of sp³-hybridized carbons (Fsp3) is 0.929. The SMILES string of the molecule is CCCCCCCC/C=C\CCCCCCCCCCCC(=O)OCCCCCCCCCCCCCCCCCCCC. The molecule has 0 atom stereocenters. The van der Waals surface area contributed by atoms with Gasteiger partial charge in [0.25, 0.3) is 0 Å². The van der Waals surface area contributed by atoms with Crippen LogP contribution in [0.5, 0.6) is 0 Å². The standard InChI is InChI=1S/C42H82O2/c1-3-5-7-9-11-13-15-17-19-21-23-24-26-28-30-32-34-36-38-40-42(43)44-41-39-37-35-33-31-29-27-25-22-20-18-16-14-12-10-8-6-4-2/h17,19H,3-16,18,20-41H2,1-2H3/b19-17-. The molecule has 0 rings (SSSR count). The number of allylic oxidation sites excluding steroid dienone is 2. The van der Waals surface area contributed by atoms with Crippen molar-refractivity contribution < 1.29 is 9.53 Å². The summed E-state index contributed by atoms with van der Waals surface area (Å²) in [7, 11) is 0. The largest absolute Gasteiger partial charge is 0.466 e. The smallest absolute Gasteiger partial charge is 0.305 e. The van der Waals surface area contributed by atoms with Gasteiger partial charge in [0.05, 0.1) is 6.61 Å². The van der Waals surface area contributed by atoms with Crippen molar-refractivity contribution in [2.45, 2.75) is 245 Å². The molecule has 0 unspecified atom stereocenters. The molecule has 0 aromatic heterocycles. The molecular formula is C42H82O2. The Morgan fingerprint density at radius 2 is 0.636 bits per heavy atom. The first-order valence-electron chi connectivity index (χ1n) is 20.6. The molecule has 0 saturated heterocycles. The van der Waals surface area contributed by atoms with Crippen molar-refractivity contribution in [2.24, 2.45) is 0 Å². The average Bonchev–Trinajstić information content (AvgIpc) is 3.03. The molecule has 2 nitrogen and oxygen atoms in total. The van der Waals surface area contributed by atoms with Crippen LogP contribution in [0.4, 0.5) is 0 Å². The Bertz CT molecular complexity index is 554. The van der Waals surface area contributed by atoms with Gasteiger partial charge in [-0.3, -0.25) is 4.79 Å². The van der Waals surface area contributed by atoms with Gasteiger partial charge >= 0.3 is 5.97 Å². The van der Waals surface area contributed by atoms with Crippen molar-refractivity contribution in [3.63, 3.8) is 0 Å². The number of unbranched alkanes of at least 4 members (excludes halogenated alkanes) is 32. The molecule has 0 aromatic rings. The molecular weight excluding hydrogens is 536 g/mol. The van der Waals surface area contributed by atoms with E-state index in [1.54, 1.807) is 0 Å². The molecule has 0 aliphatic rings. The fourth-order valence-electron chi connectivity index (χ4n) is 6.31. The minimum absolute atomic E-state index is 0.0259. The van der Waals surface area contributed by atoms with Crippen LogP contribution in [0.15, 0.2) is 12.2 Å². The van der Waals surface area contributed by atoms with E-state index in [-0.39, 0.29) is 5.97 Å². The van der Waals surface area contributed by atoms with E-state index in [1.807, 2.05) is 0 Å². The summed E-state index contributed by atoms with van der Waals surface area (Å²) in [5.41, 5.74) is 0. The van der Waals surface area contributed by atoms with Crippen LogP contribution in [-0.2, 0) is 9.53 Å². The highest BCUT2D eigenvalue weighted by Crippen LogP contribution is 2.15. The number of hydrogen-bond donors (Lipinski definition) is 0. The lowest BCUT2D eigenvalue weighted by atomic mass is 10.0. The number of carbonyl (C=O) groups excluding carboxylic acids is 1. The third kappa shape index (κ3) is 39.2. The van der Waals surface area contributed by atoms with Crippen LogP contribution in [0.3, 0.4) is 0 Å². The molecule has 0 amide bonds. The van der Waals surface area contributed by atoms with Gasteiger partial charge in [0.2, 0.25) is 0 Å². The van der Waals surface area contributed by atoms with Gasteiger partial charge in [-0.2, -0.15) is 0 Å². The lowest BCUT2D eigenvalue weighted by Gasteiger charge is -2.06. The van der Waals surface area contributed by atoms with Crippen LogP contribution in [0.2, 0.25) is 0 Å². The second-order valence-corrected chi connectivity index (χ2v) is 14.0. The van der Waals surface area contributed by atoms with Gasteiger partial charge in [-0.05, 0) is 38.5 Å². The highest BCUT2D eigenvalue weighted by Gasteiger charge is 2.03. The lowest BCUT2D eigenvalue weighted by Crippen LogP contribution is -2.05. The number of ether oxygens (including phenoxy) is 1. The number of rotatable bonds is 38. The molecule has 262 valence electrons. The summed E-state index contributed by atoms with van der Waals surface area (Å²) in [5.74, 6) is 0.0259. The summed E-state index contributed by atoms with van der Waals surface area (Å²) >= 11 is 0. The zero-order chi connectivity index (χ0) is 31.9. The van der Waals surface area contributed by atoms with Gasteiger partial charge in [-0.1, -0.05) is 212 Å². The molecule has 0 fully saturated rings. The number of hydrogen-bond acceptors (Lipinski definition) is 2. The Morgan fingerprint density at radius 3 is 0.977 bits per heavy atom. The van der Waals surface area contributed by atoms with Gasteiger partial charge in [0.1, 0.15) is 0 Å². The zero-order valence-electron chi connectivity index (χ0n) is 30.6. The van der Waals surface area contributed by atoms with Crippen LogP contribution < -0.4 is 0 Å². The van der Waals surface area contributed by atoms with E-state index < -0.39 is 0 Å². The second-order valence-electron chi connectivity index (χ2n) is 14.0. The summed E-state index contributed by atoms with van der Waals surface area (Å²) in [4.78, 5) is 12.0. The van der Waals surface area contributed by atoms with E-state index >= 15 is 0 Å². The van der Waals surface area contributed by atoms with Crippen molar-refractivity contribution >= 4 is 5.97 Å². The van der Waals surface area contributed by atoms with Gasteiger partial charge in [-0.25, -0.2) is 0 Å². The minimum atomic E-state index is 0.0259. The van der Waals surface area contributed by atoms with E-state index in [9.17, 15) is 4.79 Å². The first kappa shape index (κ1) is 43.2. The van der Waals surface area contributed by atoms with E-state index in [0.29, 0.717) is 13.0 Å². The van der Waals surface area contributed by atoms with Crippen molar-refractivity contribution in [3.05, 3.63) is 12.2 Å². The molecule has 0 radical (unpaired) electrons. The summed E-state index contributed by atoms with van der Waals surface area (Å²) < 4.78 is 5.46. The maximum atomic E-state index is 12.0. The van der Waals surface area contributed by atoms with Gasteiger partial charge in [-0.15, -0.1) is 0 Å². The molecule has 44 heavy (non-hydrogen) atoms. The summed E-state index contributed by atoms with van der Waals surface area (Å²) in [5, 5.41) is 0. The molecule has 0 aliphatic carbocycles. The van der Waals surface area contributed by atoms with E-state index in [0.717, 1.165) is 12.8 Å². The molecule has 0 aliphatic heterocycles. The monoisotopic (exact) mass is 619 g/mol. The maximum Gasteiger partial charge on any atom is 0.305 e. The van der Waals surface area contributed by atoms with Crippen molar-refractivity contribution in [1.82, 2.24) is 0 Å². The molecule has 0 spiro atoms. The second kappa shape index (κ2) is 40.2. The average molecular weight is 619 g/mol. The predicted octanol–water partition coefficient (Wildman–Crippen LogP) is 15.2. The normalized spacial score (nSPS) is 11.6. The Hall–Kier alpha value is -0.790. The third-order valence-electron chi connectivity index (χ3n) is 9.40. The third-order valence-corrected chi connectivity index (χ3v) is 9.40. The Balaban J connectivity index is 3.17. The summed E-state index contributed by atoms with van der Waals surface area (Å²) in [6, 6.07) is 0. The Labute approximate surface area is 278 Å². The molecule has 0 aromatic carbocycles. The molecule has 0 heterocycles. The molecule has 0 N–H and O–H groups in total. The fourth-order valence-corrected chi connectivity index (χ4v) is 6.31. The van der Waals surface area contributed by atoms with Crippen LogP contribution in [-0.4, -0.2) is 12.6 Å². The van der Waals surface area contributed by atoms with E-state index in [1.165, 1.54) is 212 Å². The lowest BCUT2D eigenvalue weighted by molar-refractivity contribution is -0.143. The topological polar surface area (TPSA) is 26.3 Å². The number of carbonyl (C=O) groups is 1. The summed E-state index contributed by atoms with van der Waals surface area (Å²) in [6.07, 6.45) is 53.0. The Kier molecular flexibility index (Phi) is 39.5. The van der Waals surface area contributed by atoms with Gasteiger partial charge in [0.15, 0.2) is 0 Å². The van der Waals surface area contributed by atoms with Crippen LogP contribution >= 0.6 is 0 Å². The first-order chi connectivity index (χ1) is 21.8.